The van der Waals surface area contributed by atoms with Gasteiger partial charge < -0.3 is 19.6 Å². The highest BCUT2D eigenvalue weighted by atomic mass is 15.1. The van der Waals surface area contributed by atoms with E-state index in [-0.39, 0.29) is 0 Å². The SMILES string of the molecule is CCN(CC)c1cccc(C=Cc2ccc(-c3ccc(N(c4ccc(-c5ccc(C=Cc6cccc(N(CC)CC)c6)cc5)cc4)c4ccc(-c5ccc(C=Cc6cccc(N(CC)CC)c6)cc5)cc4)cc3)cc2)c1. The molecule has 0 unspecified atom stereocenters. The monoisotopic (exact) mass is 993 g/mol. The van der Waals surface area contributed by atoms with Crippen LogP contribution >= 0.6 is 0 Å². The second kappa shape index (κ2) is 25.6. The molecule has 380 valence electrons. The molecule has 9 aromatic rings. The van der Waals surface area contributed by atoms with Crippen molar-refractivity contribution < 1.29 is 0 Å². The Morgan fingerprint density at radius 1 is 0.224 bits per heavy atom. The largest absolute Gasteiger partial charge is 0.372 e. The third-order valence-electron chi connectivity index (χ3n) is 14.5. The van der Waals surface area contributed by atoms with Gasteiger partial charge in [0.1, 0.15) is 0 Å². The molecule has 0 bridgehead atoms. The predicted molar refractivity (Wildman–Crippen MR) is 334 cm³/mol. The lowest BCUT2D eigenvalue weighted by molar-refractivity contribution is 0.866. The number of benzene rings is 9. The topological polar surface area (TPSA) is 13.0 Å². The van der Waals surface area contributed by atoms with Crippen molar-refractivity contribution in [1.29, 1.82) is 0 Å². The molecule has 4 nitrogen and oxygen atoms in total. The maximum absolute atomic E-state index is 2.38. The number of hydrogen-bond donors (Lipinski definition) is 0. The van der Waals surface area contributed by atoms with Crippen LogP contribution in [0.5, 0.6) is 0 Å². The highest BCUT2D eigenvalue weighted by Crippen LogP contribution is 2.38. The van der Waals surface area contributed by atoms with Gasteiger partial charge in [-0.1, -0.05) is 182 Å². The van der Waals surface area contributed by atoms with Crippen LogP contribution in [-0.2, 0) is 0 Å². The van der Waals surface area contributed by atoms with E-state index < -0.39 is 0 Å². The molecule has 0 radical (unpaired) electrons. The van der Waals surface area contributed by atoms with Gasteiger partial charge in [0, 0.05) is 73.4 Å². The number of hydrogen-bond acceptors (Lipinski definition) is 4. The van der Waals surface area contributed by atoms with Crippen LogP contribution in [0.25, 0.3) is 69.8 Å². The van der Waals surface area contributed by atoms with E-state index in [2.05, 4.69) is 316 Å². The predicted octanol–water partition coefficient (Wildman–Crippen LogP) is 19.2. The Balaban J connectivity index is 0.943. The first-order valence-corrected chi connectivity index (χ1v) is 27.4. The molecule has 0 amide bonds. The smallest absolute Gasteiger partial charge is 0.0462 e. The fourth-order valence-electron chi connectivity index (χ4n) is 10.0. The highest BCUT2D eigenvalue weighted by molar-refractivity contribution is 5.83. The summed E-state index contributed by atoms with van der Waals surface area (Å²) in [5.41, 5.74) is 21.3. The second-order valence-electron chi connectivity index (χ2n) is 19.1. The summed E-state index contributed by atoms with van der Waals surface area (Å²) < 4.78 is 0. The van der Waals surface area contributed by atoms with E-state index in [1.165, 1.54) is 83.8 Å². The van der Waals surface area contributed by atoms with Crippen molar-refractivity contribution in [2.45, 2.75) is 41.5 Å². The van der Waals surface area contributed by atoms with Crippen molar-refractivity contribution in [3.05, 3.63) is 252 Å². The first-order valence-electron chi connectivity index (χ1n) is 27.4. The molecule has 0 aliphatic heterocycles. The van der Waals surface area contributed by atoms with Crippen LogP contribution in [0, 0.1) is 0 Å². The molecule has 0 aliphatic carbocycles. The van der Waals surface area contributed by atoms with Gasteiger partial charge in [-0.05, 0) is 181 Å². The summed E-state index contributed by atoms with van der Waals surface area (Å²) in [6, 6.07) is 79.8. The lowest BCUT2D eigenvalue weighted by atomic mass is 10.0. The van der Waals surface area contributed by atoms with Crippen LogP contribution < -0.4 is 19.6 Å². The molecule has 0 atom stereocenters. The van der Waals surface area contributed by atoms with Crippen LogP contribution in [0.3, 0.4) is 0 Å². The average molecular weight is 993 g/mol. The van der Waals surface area contributed by atoms with Crippen molar-refractivity contribution >= 4 is 70.6 Å². The molecular weight excluding hydrogens is 921 g/mol. The lowest BCUT2D eigenvalue weighted by Gasteiger charge is -2.26. The van der Waals surface area contributed by atoms with Gasteiger partial charge in [-0.2, -0.15) is 0 Å². The van der Waals surface area contributed by atoms with Gasteiger partial charge in [0.2, 0.25) is 0 Å². The summed E-state index contributed by atoms with van der Waals surface area (Å²) in [4.78, 5) is 9.49. The van der Waals surface area contributed by atoms with Crippen molar-refractivity contribution in [2.75, 3.05) is 58.9 Å². The summed E-state index contributed by atoms with van der Waals surface area (Å²) >= 11 is 0. The quantitative estimate of drug-likeness (QED) is 0.0665. The Hall–Kier alpha value is -8.60. The maximum Gasteiger partial charge on any atom is 0.0462 e. The molecule has 0 spiro atoms. The minimum atomic E-state index is 0.997. The molecule has 0 aromatic heterocycles. The van der Waals surface area contributed by atoms with Gasteiger partial charge in [0.15, 0.2) is 0 Å². The van der Waals surface area contributed by atoms with Crippen LogP contribution in [0.4, 0.5) is 34.1 Å². The third-order valence-corrected chi connectivity index (χ3v) is 14.5. The summed E-state index contributed by atoms with van der Waals surface area (Å²) in [5.74, 6) is 0. The zero-order valence-corrected chi connectivity index (χ0v) is 45.3. The van der Waals surface area contributed by atoms with E-state index in [4.69, 9.17) is 0 Å². The van der Waals surface area contributed by atoms with Gasteiger partial charge in [-0.15, -0.1) is 0 Å². The van der Waals surface area contributed by atoms with Crippen molar-refractivity contribution in [2.24, 2.45) is 0 Å². The Morgan fingerprint density at radius 2 is 0.434 bits per heavy atom. The standard InChI is InChI=1S/C72H72N4/c1-7-73(8-2)70-19-13-16-58(52-70)25-22-55-28-34-61(35-29-55)64-40-46-67(47-41-64)76(68-48-42-65(43-49-68)62-36-30-56(31-37-62)23-26-59-17-14-20-71(53-59)74(9-3)10-4)69-50-44-66(45-51-69)63-38-32-57(33-39-63)24-27-60-18-15-21-72(54-60)75(11-5)12-6/h13-54H,7-12H2,1-6H3. The fourth-order valence-corrected chi connectivity index (χ4v) is 10.0. The molecule has 0 N–H and O–H groups in total. The summed E-state index contributed by atoms with van der Waals surface area (Å²) in [6.07, 6.45) is 13.2. The van der Waals surface area contributed by atoms with E-state index in [1.54, 1.807) is 0 Å². The molecule has 0 saturated heterocycles. The molecule has 0 aliphatic rings. The molecule has 0 fully saturated rings. The van der Waals surface area contributed by atoms with Gasteiger partial charge in [-0.3, -0.25) is 0 Å². The second-order valence-corrected chi connectivity index (χ2v) is 19.1. The van der Waals surface area contributed by atoms with Crippen LogP contribution in [0.1, 0.15) is 74.9 Å². The third kappa shape index (κ3) is 13.0. The van der Waals surface area contributed by atoms with Gasteiger partial charge >= 0.3 is 0 Å². The van der Waals surface area contributed by atoms with E-state index in [1.807, 2.05) is 0 Å². The van der Waals surface area contributed by atoms with E-state index in [0.29, 0.717) is 0 Å². The van der Waals surface area contributed by atoms with E-state index in [9.17, 15) is 0 Å². The zero-order chi connectivity index (χ0) is 52.6. The molecule has 76 heavy (non-hydrogen) atoms. The van der Waals surface area contributed by atoms with Crippen LogP contribution in [0.15, 0.2) is 218 Å². The zero-order valence-electron chi connectivity index (χ0n) is 45.3. The highest BCUT2D eigenvalue weighted by Gasteiger charge is 2.15. The first kappa shape index (κ1) is 52.3. The number of nitrogens with zero attached hydrogens (tertiary/aromatic N) is 4. The summed E-state index contributed by atoms with van der Waals surface area (Å²) in [7, 11) is 0. The van der Waals surface area contributed by atoms with Crippen LogP contribution in [0.2, 0.25) is 0 Å². The molecular formula is C72H72N4. The first-order chi connectivity index (χ1) is 37.3. The average Bonchev–Trinajstić information content (AvgIpc) is 3.48. The van der Waals surface area contributed by atoms with Gasteiger partial charge in [0.25, 0.3) is 0 Å². The summed E-state index contributed by atoms with van der Waals surface area (Å²) in [5, 5.41) is 0. The molecule has 4 heteroatoms. The minimum absolute atomic E-state index is 0.997. The lowest BCUT2D eigenvalue weighted by Crippen LogP contribution is -2.21. The maximum atomic E-state index is 2.38. The molecule has 9 aromatic carbocycles. The van der Waals surface area contributed by atoms with Crippen molar-refractivity contribution in [3.63, 3.8) is 0 Å². The molecule has 0 saturated carbocycles. The fraction of sp³-hybridized carbons (Fsp3) is 0.167. The molecule has 0 heterocycles. The molecule has 9 rings (SSSR count). The minimum Gasteiger partial charge on any atom is -0.372 e. The van der Waals surface area contributed by atoms with Crippen molar-refractivity contribution in [1.82, 2.24) is 0 Å². The van der Waals surface area contributed by atoms with Gasteiger partial charge in [0.05, 0.1) is 0 Å². The van der Waals surface area contributed by atoms with Gasteiger partial charge in [-0.25, -0.2) is 0 Å². The Bertz CT molecular complexity index is 2970. The Morgan fingerprint density at radius 3 is 0.658 bits per heavy atom. The van der Waals surface area contributed by atoms with Crippen LogP contribution in [-0.4, -0.2) is 39.3 Å². The van der Waals surface area contributed by atoms with E-state index >= 15 is 0 Å². The number of anilines is 6. The Kier molecular flexibility index (Phi) is 17.6. The number of rotatable bonds is 21. The van der Waals surface area contributed by atoms with E-state index in [0.717, 1.165) is 56.3 Å². The normalized spacial score (nSPS) is 11.4. The van der Waals surface area contributed by atoms with Crippen molar-refractivity contribution in [3.8, 4) is 33.4 Å². The Labute approximate surface area is 453 Å². The summed E-state index contributed by atoms with van der Waals surface area (Å²) in [6.45, 7) is 19.2.